The van der Waals surface area contributed by atoms with Crippen molar-refractivity contribution in [2.75, 3.05) is 20.3 Å². The van der Waals surface area contributed by atoms with Crippen LogP contribution in [0.4, 0.5) is 0 Å². The Morgan fingerprint density at radius 3 is 2.76 bits per heavy atom. The van der Waals surface area contributed by atoms with Crippen molar-refractivity contribution in [2.45, 2.75) is 19.8 Å². The average molecular weight is 233 g/mol. The first-order chi connectivity index (χ1) is 8.31. The van der Waals surface area contributed by atoms with E-state index in [0.29, 0.717) is 13.2 Å². The number of hydrogen-bond donors (Lipinski definition) is 1. The first kappa shape index (κ1) is 13.4. The van der Waals surface area contributed by atoms with E-state index in [4.69, 9.17) is 15.2 Å². The summed E-state index contributed by atoms with van der Waals surface area (Å²) in [6.45, 7) is 3.03. The summed E-state index contributed by atoms with van der Waals surface area (Å²) in [6, 6.07) is 5.90. The Labute approximate surface area is 103 Å². The first-order valence-electron chi connectivity index (χ1n) is 5.71. The van der Waals surface area contributed by atoms with Crippen LogP contribution in [0.25, 0.3) is 0 Å². The van der Waals surface area contributed by atoms with Gasteiger partial charge >= 0.3 is 0 Å². The lowest BCUT2D eigenvalue weighted by atomic mass is 10.1. The molecule has 0 saturated heterocycles. The van der Waals surface area contributed by atoms with Gasteiger partial charge in [-0.1, -0.05) is 6.07 Å². The van der Waals surface area contributed by atoms with Crippen molar-refractivity contribution in [3.63, 3.8) is 0 Å². The zero-order valence-corrected chi connectivity index (χ0v) is 10.5. The second-order valence-corrected chi connectivity index (χ2v) is 3.55. The quantitative estimate of drug-likeness (QED) is 0.603. The van der Waals surface area contributed by atoms with Crippen molar-refractivity contribution in [1.29, 1.82) is 0 Å². The average Bonchev–Trinajstić information content (AvgIpc) is 2.36. The van der Waals surface area contributed by atoms with E-state index in [0.717, 1.165) is 29.9 Å². The number of ether oxygens (including phenoxy) is 2. The fourth-order valence-electron chi connectivity index (χ4n) is 1.49. The van der Waals surface area contributed by atoms with Crippen LogP contribution in [0.2, 0.25) is 0 Å². The van der Waals surface area contributed by atoms with Crippen molar-refractivity contribution in [3.8, 4) is 23.3 Å². The van der Waals surface area contributed by atoms with Crippen LogP contribution in [-0.4, -0.2) is 20.3 Å². The lowest BCUT2D eigenvalue weighted by molar-refractivity contribution is 0.301. The molecular formula is C14H19NO2. The summed E-state index contributed by atoms with van der Waals surface area (Å²) in [5.41, 5.74) is 6.67. The summed E-state index contributed by atoms with van der Waals surface area (Å²) in [5, 5.41) is 0. The fourth-order valence-corrected chi connectivity index (χ4v) is 1.49. The van der Waals surface area contributed by atoms with Gasteiger partial charge in [0.1, 0.15) is 0 Å². The predicted molar refractivity (Wildman–Crippen MR) is 69.3 cm³/mol. The molecule has 1 aromatic carbocycles. The lowest BCUT2D eigenvalue weighted by Crippen LogP contribution is -2.04. The Hall–Kier alpha value is -1.66. The third-order valence-corrected chi connectivity index (χ3v) is 2.32. The van der Waals surface area contributed by atoms with Crippen molar-refractivity contribution in [1.82, 2.24) is 0 Å². The molecule has 0 fully saturated rings. The zero-order chi connectivity index (χ0) is 12.5. The minimum atomic E-state index is 0.577. The highest BCUT2D eigenvalue weighted by atomic mass is 16.5. The molecule has 17 heavy (non-hydrogen) atoms. The molecule has 92 valence electrons. The molecular weight excluding hydrogens is 214 g/mol. The molecule has 0 radical (unpaired) electrons. The van der Waals surface area contributed by atoms with Crippen LogP contribution in [-0.2, 0) is 6.42 Å². The van der Waals surface area contributed by atoms with Gasteiger partial charge in [-0.2, -0.15) is 0 Å². The fraction of sp³-hybridized carbons (Fsp3) is 0.429. The van der Waals surface area contributed by atoms with E-state index in [1.807, 2.05) is 25.1 Å². The molecule has 1 aromatic rings. The number of methoxy groups -OCH3 is 1. The highest BCUT2D eigenvalue weighted by Crippen LogP contribution is 2.28. The van der Waals surface area contributed by atoms with Gasteiger partial charge in [0.25, 0.3) is 0 Å². The molecule has 0 spiro atoms. The van der Waals surface area contributed by atoms with Crippen LogP contribution in [0.3, 0.4) is 0 Å². The highest BCUT2D eigenvalue weighted by Gasteiger charge is 2.04. The molecule has 0 unspecified atom stereocenters. The Balaban J connectivity index is 2.66. The third kappa shape index (κ3) is 4.38. The monoisotopic (exact) mass is 233 g/mol. The van der Waals surface area contributed by atoms with Crippen molar-refractivity contribution < 1.29 is 9.47 Å². The van der Waals surface area contributed by atoms with E-state index in [1.165, 1.54) is 0 Å². The van der Waals surface area contributed by atoms with Crippen LogP contribution < -0.4 is 15.2 Å². The number of nitrogens with two attached hydrogens (primary N) is 1. The summed E-state index contributed by atoms with van der Waals surface area (Å²) < 4.78 is 10.9. The lowest BCUT2D eigenvalue weighted by Gasteiger charge is -2.11. The van der Waals surface area contributed by atoms with Gasteiger partial charge in [-0.25, -0.2) is 0 Å². The van der Waals surface area contributed by atoms with Gasteiger partial charge in [0.05, 0.1) is 13.7 Å². The summed E-state index contributed by atoms with van der Waals surface area (Å²) in [6.07, 6.45) is 1.57. The molecule has 0 saturated carbocycles. The number of benzene rings is 1. The largest absolute Gasteiger partial charge is 0.493 e. The Kier molecular flexibility index (Phi) is 5.98. The molecule has 0 aromatic heterocycles. The van der Waals surface area contributed by atoms with Gasteiger partial charge in [-0.15, -0.1) is 11.8 Å². The molecule has 0 amide bonds. The van der Waals surface area contributed by atoms with Crippen molar-refractivity contribution in [2.24, 2.45) is 5.73 Å². The minimum Gasteiger partial charge on any atom is -0.493 e. The highest BCUT2D eigenvalue weighted by molar-refractivity contribution is 5.43. The van der Waals surface area contributed by atoms with Crippen molar-refractivity contribution >= 4 is 0 Å². The second kappa shape index (κ2) is 7.59. The van der Waals surface area contributed by atoms with E-state index in [1.54, 1.807) is 7.11 Å². The summed E-state index contributed by atoms with van der Waals surface area (Å²) in [4.78, 5) is 0. The van der Waals surface area contributed by atoms with Crippen LogP contribution in [0.15, 0.2) is 18.2 Å². The SMILES string of the molecule is CC#CCCOc1ccc(CCN)cc1OC. The summed E-state index contributed by atoms with van der Waals surface area (Å²) >= 11 is 0. The zero-order valence-electron chi connectivity index (χ0n) is 10.5. The van der Waals surface area contributed by atoms with Gasteiger partial charge in [0, 0.05) is 6.42 Å². The van der Waals surface area contributed by atoms with Gasteiger partial charge in [0.2, 0.25) is 0 Å². The molecule has 3 heteroatoms. The van der Waals surface area contributed by atoms with Crippen LogP contribution >= 0.6 is 0 Å². The van der Waals surface area contributed by atoms with Gasteiger partial charge in [-0.05, 0) is 37.6 Å². The standard InChI is InChI=1S/C14H19NO2/c1-3-4-5-10-17-13-7-6-12(8-9-15)11-14(13)16-2/h6-7,11H,5,8-10,15H2,1-2H3. The maximum atomic E-state index is 5.60. The minimum absolute atomic E-state index is 0.577. The number of hydrogen-bond acceptors (Lipinski definition) is 3. The second-order valence-electron chi connectivity index (χ2n) is 3.55. The topological polar surface area (TPSA) is 44.5 Å². The maximum Gasteiger partial charge on any atom is 0.161 e. The summed E-state index contributed by atoms with van der Waals surface area (Å²) in [7, 11) is 1.64. The van der Waals surface area contributed by atoms with Gasteiger partial charge < -0.3 is 15.2 Å². The van der Waals surface area contributed by atoms with Gasteiger partial charge in [0.15, 0.2) is 11.5 Å². The normalized spacial score (nSPS) is 9.35. The first-order valence-corrected chi connectivity index (χ1v) is 5.71. The Morgan fingerprint density at radius 1 is 1.29 bits per heavy atom. The molecule has 0 aliphatic carbocycles. The van der Waals surface area contributed by atoms with Crippen LogP contribution in [0.1, 0.15) is 18.9 Å². The van der Waals surface area contributed by atoms with Crippen LogP contribution in [0.5, 0.6) is 11.5 Å². The Morgan fingerprint density at radius 2 is 2.12 bits per heavy atom. The number of rotatable bonds is 6. The van der Waals surface area contributed by atoms with Gasteiger partial charge in [-0.3, -0.25) is 0 Å². The molecule has 0 heterocycles. The van der Waals surface area contributed by atoms with E-state index in [2.05, 4.69) is 11.8 Å². The van der Waals surface area contributed by atoms with Crippen LogP contribution in [0, 0.1) is 11.8 Å². The van der Waals surface area contributed by atoms with E-state index in [-0.39, 0.29) is 0 Å². The molecule has 2 N–H and O–H groups in total. The molecule has 0 atom stereocenters. The molecule has 0 aliphatic heterocycles. The molecule has 3 nitrogen and oxygen atoms in total. The molecule has 0 bridgehead atoms. The van der Waals surface area contributed by atoms with E-state index >= 15 is 0 Å². The maximum absolute atomic E-state index is 5.60. The smallest absolute Gasteiger partial charge is 0.161 e. The Bertz CT molecular complexity index is 404. The third-order valence-electron chi connectivity index (χ3n) is 2.32. The molecule has 0 aliphatic rings. The summed E-state index contributed by atoms with van der Waals surface area (Å²) in [5.74, 6) is 7.29. The van der Waals surface area contributed by atoms with E-state index < -0.39 is 0 Å². The van der Waals surface area contributed by atoms with Crippen molar-refractivity contribution in [3.05, 3.63) is 23.8 Å². The predicted octanol–water partition coefficient (Wildman–Crippen LogP) is 1.99. The van der Waals surface area contributed by atoms with E-state index in [9.17, 15) is 0 Å². The molecule has 1 rings (SSSR count).